The van der Waals surface area contributed by atoms with Gasteiger partial charge < -0.3 is 4.74 Å². The zero-order valence-electron chi connectivity index (χ0n) is 11.7. The summed E-state index contributed by atoms with van der Waals surface area (Å²) in [5, 5.41) is 8.98. The van der Waals surface area contributed by atoms with Gasteiger partial charge in [-0.1, -0.05) is 6.07 Å². The minimum atomic E-state index is -4.24. The summed E-state index contributed by atoms with van der Waals surface area (Å²) >= 11 is 0. The average molecular weight is 286 g/mol. The van der Waals surface area contributed by atoms with Crippen molar-refractivity contribution in [3.8, 4) is 11.8 Å². The number of halogens is 3. The number of hydrogen-bond donors (Lipinski definition) is 0. The zero-order chi connectivity index (χ0) is 15.3. The van der Waals surface area contributed by atoms with Crippen molar-refractivity contribution in [3.05, 3.63) is 29.3 Å². The molecule has 0 N–H and O–H groups in total. The highest BCUT2D eigenvalue weighted by Crippen LogP contribution is 2.23. The molecule has 0 aliphatic heterocycles. The van der Waals surface area contributed by atoms with E-state index in [1.54, 1.807) is 32.0 Å². The van der Waals surface area contributed by atoms with E-state index in [0.29, 0.717) is 16.9 Å². The molecule has 0 radical (unpaired) electrons. The number of nitrogens with zero attached hydrogens (tertiary/aromatic N) is 2. The van der Waals surface area contributed by atoms with Gasteiger partial charge in [0.05, 0.1) is 19.2 Å². The molecular weight excluding hydrogens is 269 g/mol. The molecule has 110 valence electrons. The van der Waals surface area contributed by atoms with Gasteiger partial charge in [-0.2, -0.15) is 18.4 Å². The first-order valence-corrected chi connectivity index (χ1v) is 6.14. The lowest BCUT2D eigenvalue weighted by Crippen LogP contribution is -2.38. The topological polar surface area (TPSA) is 36.3 Å². The smallest absolute Gasteiger partial charge is 0.401 e. The highest BCUT2D eigenvalue weighted by Gasteiger charge is 2.31. The Bertz CT molecular complexity index is 492. The van der Waals surface area contributed by atoms with Crippen molar-refractivity contribution in [3.63, 3.8) is 0 Å². The Morgan fingerprint density at radius 2 is 2.00 bits per heavy atom. The van der Waals surface area contributed by atoms with Crippen LogP contribution in [0.5, 0.6) is 5.75 Å². The molecule has 0 aromatic heterocycles. The maximum Gasteiger partial charge on any atom is 0.401 e. The summed E-state index contributed by atoms with van der Waals surface area (Å²) < 4.78 is 42.6. The van der Waals surface area contributed by atoms with Crippen molar-refractivity contribution in [2.24, 2.45) is 0 Å². The fraction of sp³-hybridized carbons (Fsp3) is 0.500. The summed E-state index contributed by atoms with van der Waals surface area (Å²) in [5.41, 5.74) is 0.973. The van der Waals surface area contributed by atoms with E-state index >= 15 is 0 Å². The van der Waals surface area contributed by atoms with Crippen LogP contribution in [0, 0.1) is 11.3 Å². The van der Waals surface area contributed by atoms with Gasteiger partial charge in [0, 0.05) is 12.6 Å². The van der Waals surface area contributed by atoms with E-state index < -0.39 is 12.7 Å². The number of hydrogen-bond acceptors (Lipinski definition) is 3. The average Bonchev–Trinajstić information content (AvgIpc) is 2.36. The highest BCUT2D eigenvalue weighted by molar-refractivity contribution is 5.45. The van der Waals surface area contributed by atoms with Gasteiger partial charge in [0.1, 0.15) is 11.8 Å². The lowest BCUT2D eigenvalue weighted by molar-refractivity contribution is -0.150. The molecule has 0 atom stereocenters. The predicted octanol–water partition coefficient (Wildman–Crippen LogP) is 3.34. The molecule has 1 aromatic carbocycles. The van der Waals surface area contributed by atoms with Gasteiger partial charge in [0.15, 0.2) is 0 Å². The van der Waals surface area contributed by atoms with Gasteiger partial charge in [0.25, 0.3) is 0 Å². The number of alkyl halides is 3. The van der Waals surface area contributed by atoms with E-state index in [2.05, 4.69) is 0 Å². The fourth-order valence-corrected chi connectivity index (χ4v) is 1.83. The molecule has 0 amide bonds. The van der Waals surface area contributed by atoms with Crippen LogP contribution in [0.2, 0.25) is 0 Å². The van der Waals surface area contributed by atoms with Crippen LogP contribution in [-0.4, -0.2) is 30.8 Å². The van der Waals surface area contributed by atoms with E-state index in [9.17, 15) is 13.2 Å². The Morgan fingerprint density at radius 3 is 2.45 bits per heavy atom. The Kier molecular flexibility index (Phi) is 5.40. The second-order valence-corrected chi connectivity index (χ2v) is 4.76. The number of methoxy groups -OCH3 is 1. The van der Waals surface area contributed by atoms with Crippen LogP contribution >= 0.6 is 0 Å². The fourth-order valence-electron chi connectivity index (χ4n) is 1.83. The van der Waals surface area contributed by atoms with Gasteiger partial charge in [0.2, 0.25) is 0 Å². The van der Waals surface area contributed by atoms with Gasteiger partial charge in [-0.15, -0.1) is 0 Å². The van der Waals surface area contributed by atoms with Crippen LogP contribution in [0.3, 0.4) is 0 Å². The number of benzene rings is 1. The lowest BCUT2D eigenvalue weighted by Gasteiger charge is -2.27. The summed E-state index contributed by atoms with van der Waals surface area (Å²) in [6.07, 6.45) is -4.24. The number of rotatable bonds is 5. The summed E-state index contributed by atoms with van der Waals surface area (Å²) in [5.74, 6) is 0.420. The van der Waals surface area contributed by atoms with Crippen molar-refractivity contribution in [2.45, 2.75) is 32.6 Å². The van der Waals surface area contributed by atoms with Crippen LogP contribution in [0.4, 0.5) is 13.2 Å². The molecule has 1 rings (SSSR count). The Morgan fingerprint density at radius 1 is 1.35 bits per heavy atom. The highest BCUT2D eigenvalue weighted by atomic mass is 19.4. The normalized spacial score (nSPS) is 11.8. The van der Waals surface area contributed by atoms with E-state index in [1.165, 1.54) is 12.0 Å². The standard InChI is InChI=1S/C14H17F3N2O/c1-10(2)19(9-14(15,16)17)8-11-4-5-13(20-3)12(6-11)7-18/h4-6,10H,8-9H2,1-3H3. The minimum absolute atomic E-state index is 0.135. The molecule has 1 aromatic rings. The summed E-state index contributed by atoms with van der Waals surface area (Å²) in [6, 6.07) is 6.56. The van der Waals surface area contributed by atoms with Gasteiger partial charge in [-0.25, -0.2) is 0 Å². The molecule has 20 heavy (non-hydrogen) atoms. The molecule has 0 aliphatic carbocycles. The molecule has 0 saturated heterocycles. The Balaban J connectivity index is 2.92. The lowest BCUT2D eigenvalue weighted by atomic mass is 10.1. The third kappa shape index (κ3) is 4.74. The van der Waals surface area contributed by atoms with Crippen molar-refractivity contribution in [2.75, 3.05) is 13.7 Å². The van der Waals surface area contributed by atoms with E-state index in [0.717, 1.165) is 0 Å². The van der Waals surface area contributed by atoms with Crippen LogP contribution in [0.15, 0.2) is 18.2 Å². The first kappa shape index (κ1) is 16.3. The number of nitriles is 1. The largest absolute Gasteiger partial charge is 0.495 e. The van der Waals surface area contributed by atoms with Crippen LogP contribution in [-0.2, 0) is 6.54 Å². The second-order valence-electron chi connectivity index (χ2n) is 4.76. The Labute approximate surface area is 116 Å². The summed E-state index contributed by atoms with van der Waals surface area (Å²) in [6.45, 7) is 2.58. The van der Waals surface area contributed by atoms with Crippen LogP contribution in [0.25, 0.3) is 0 Å². The van der Waals surface area contributed by atoms with Gasteiger partial charge in [-0.05, 0) is 31.5 Å². The van der Waals surface area contributed by atoms with Gasteiger partial charge >= 0.3 is 6.18 Å². The van der Waals surface area contributed by atoms with Crippen molar-refractivity contribution in [1.29, 1.82) is 5.26 Å². The van der Waals surface area contributed by atoms with E-state index in [-0.39, 0.29) is 12.6 Å². The van der Waals surface area contributed by atoms with E-state index in [4.69, 9.17) is 10.00 Å². The minimum Gasteiger partial charge on any atom is -0.495 e. The monoisotopic (exact) mass is 286 g/mol. The van der Waals surface area contributed by atoms with Crippen molar-refractivity contribution in [1.82, 2.24) is 4.90 Å². The predicted molar refractivity (Wildman–Crippen MR) is 69.3 cm³/mol. The molecule has 0 aliphatic rings. The van der Waals surface area contributed by atoms with Crippen LogP contribution in [0.1, 0.15) is 25.0 Å². The maximum atomic E-state index is 12.5. The molecule has 0 fully saturated rings. The Hall–Kier alpha value is -1.74. The molecular formula is C14H17F3N2O. The van der Waals surface area contributed by atoms with E-state index in [1.807, 2.05) is 6.07 Å². The van der Waals surface area contributed by atoms with Crippen molar-refractivity contribution < 1.29 is 17.9 Å². The third-order valence-electron chi connectivity index (χ3n) is 2.88. The molecule has 0 unspecified atom stereocenters. The molecule has 6 heteroatoms. The quantitative estimate of drug-likeness (QED) is 0.833. The summed E-state index contributed by atoms with van der Waals surface area (Å²) in [4.78, 5) is 1.31. The third-order valence-corrected chi connectivity index (χ3v) is 2.88. The molecule has 0 saturated carbocycles. The first-order chi connectivity index (χ1) is 9.26. The molecule has 0 spiro atoms. The first-order valence-electron chi connectivity index (χ1n) is 6.14. The second kappa shape index (κ2) is 6.62. The zero-order valence-corrected chi connectivity index (χ0v) is 11.7. The maximum absolute atomic E-state index is 12.5. The SMILES string of the molecule is COc1ccc(CN(CC(F)(F)F)C(C)C)cc1C#N. The molecule has 0 heterocycles. The van der Waals surface area contributed by atoms with Crippen LogP contribution < -0.4 is 4.74 Å². The number of ether oxygens (including phenoxy) is 1. The molecule has 0 bridgehead atoms. The summed E-state index contributed by atoms with van der Waals surface area (Å²) in [7, 11) is 1.44. The van der Waals surface area contributed by atoms with Gasteiger partial charge in [-0.3, -0.25) is 4.90 Å². The molecule has 3 nitrogen and oxygen atoms in total. The van der Waals surface area contributed by atoms with Crippen molar-refractivity contribution >= 4 is 0 Å².